The summed E-state index contributed by atoms with van der Waals surface area (Å²) in [6.45, 7) is -0.340. The van der Waals surface area contributed by atoms with Crippen LogP contribution in [0.1, 0.15) is 26.3 Å². The molecule has 30 heavy (non-hydrogen) atoms. The molecule has 2 aromatic carbocycles. The van der Waals surface area contributed by atoms with Crippen molar-refractivity contribution in [1.29, 1.82) is 5.26 Å². The highest BCUT2D eigenvalue weighted by Gasteiger charge is 2.27. The van der Waals surface area contributed by atoms with Crippen LogP contribution in [-0.2, 0) is 20.4 Å². The Morgan fingerprint density at radius 2 is 1.63 bits per heavy atom. The summed E-state index contributed by atoms with van der Waals surface area (Å²) >= 11 is 0. The van der Waals surface area contributed by atoms with Crippen LogP contribution in [0.4, 0.5) is 0 Å². The van der Waals surface area contributed by atoms with Crippen molar-refractivity contribution in [2.24, 2.45) is 0 Å². The molecular weight excluding hydrogens is 410 g/mol. The molecule has 0 aliphatic rings. The van der Waals surface area contributed by atoms with Crippen LogP contribution in [0.15, 0.2) is 54.6 Å². The van der Waals surface area contributed by atoms with Crippen LogP contribution >= 0.6 is 0 Å². The molecule has 0 bridgehead atoms. The van der Waals surface area contributed by atoms with Crippen LogP contribution in [0, 0.1) is 11.3 Å². The maximum absolute atomic E-state index is 12.6. The van der Waals surface area contributed by atoms with E-state index in [0.29, 0.717) is 5.56 Å². The van der Waals surface area contributed by atoms with Crippen LogP contribution in [0.2, 0.25) is 0 Å². The first-order valence-electron chi connectivity index (χ1n) is 8.75. The summed E-state index contributed by atoms with van der Waals surface area (Å²) in [6.07, 6.45) is 0. The molecular formula is C20H19N3O6S. The van der Waals surface area contributed by atoms with E-state index in [1.807, 2.05) is 0 Å². The lowest BCUT2D eigenvalue weighted by Crippen LogP contribution is -2.50. The number of carboxylic acid groups (broad SMARTS) is 1. The van der Waals surface area contributed by atoms with Gasteiger partial charge in [-0.25, -0.2) is 13.2 Å². The van der Waals surface area contributed by atoms with Crippen molar-refractivity contribution in [3.63, 3.8) is 0 Å². The molecule has 0 radical (unpaired) electrons. The fourth-order valence-electron chi connectivity index (χ4n) is 2.57. The van der Waals surface area contributed by atoms with Gasteiger partial charge in [-0.1, -0.05) is 30.3 Å². The monoisotopic (exact) mass is 429 g/mol. The molecule has 0 heterocycles. The quantitative estimate of drug-likeness (QED) is 0.497. The highest BCUT2D eigenvalue weighted by atomic mass is 32.2. The fourth-order valence-corrected chi connectivity index (χ4v) is 4.13. The maximum atomic E-state index is 12.6. The molecule has 9 nitrogen and oxygen atoms in total. The molecule has 2 amide bonds. The molecule has 0 fully saturated rings. The van der Waals surface area contributed by atoms with Gasteiger partial charge in [0.25, 0.3) is 5.91 Å². The Kier molecular flexibility index (Phi) is 7.66. The van der Waals surface area contributed by atoms with E-state index in [0.717, 1.165) is 0 Å². The zero-order valence-corrected chi connectivity index (χ0v) is 16.6. The molecule has 156 valence electrons. The number of carbonyl (C=O) groups is 3. The number of benzene rings is 2. The minimum absolute atomic E-state index is 0.0139. The SMILES string of the molecule is N#CCNC(=O)[C@H](CS(=O)(=O)Cc1ccc(C(=O)O)cc1)NC(=O)c1ccccc1. The predicted octanol–water partition coefficient (Wildman–Crippen LogP) is 0.738. The molecule has 3 N–H and O–H groups in total. The van der Waals surface area contributed by atoms with Gasteiger partial charge in [0, 0.05) is 5.56 Å². The van der Waals surface area contributed by atoms with E-state index < -0.39 is 45.2 Å². The summed E-state index contributed by atoms with van der Waals surface area (Å²) in [4.78, 5) is 35.6. The second-order valence-corrected chi connectivity index (χ2v) is 8.43. The molecule has 2 rings (SSSR count). The highest BCUT2D eigenvalue weighted by molar-refractivity contribution is 7.90. The van der Waals surface area contributed by atoms with Gasteiger partial charge in [0.2, 0.25) is 5.91 Å². The first-order chi connectivity index (χ1) is 14.2. The summed E-state index contributed by atoms with van der Waals surface area (Å²) in [5.74, 6) is -3.71. The van der Waals surface area contributed by atoms with Gasteiger partial charge in [-0.3, -0.25) is 9.59 Å². The molecule has 0 spiro atoms. The number of sulfone groups is 1. The number of carbonyl (C=O) groups excluding carboxylic acids is 2. The highest BCUT2D eigenvalue weighted by Crippen LogP contribution is 2.11. The Labute approximate surface area is 173 Å². The molecule has 2 aromatic rings. The number of nitrogens with one attached hydrogen (secondary N) is 2. The first kappa shape index (κ1) is 22.6. The van der Waals surface area contributed by atoms with Crippen molar-refractivity contribution in [1.82, 2.24) is 10.6 Å². The third kappa shape index (κ3) is 6.72. The number of nitrogens with zero attached hydrogens (tertiary/aromatic N) is 1. The van der Waals surface area contributed by atoms with E-state index >= 15 is 0 Å². The predicted molar refractivity (Wildman–Crippen MR) is 107 cm³/mol. The summed E-state index contributed by atoms with van der Waals surface area (Å²) in [6, 6.07) is 13.6. The lowest BCUT2D eigenvalue weighted by Gasteiger charge is -2.18. The molecule has 1 atom stereocenters. The zero-order valence-electron chi connectivity index (χ0n) is 15.7. The third-order valence-electron chi connectivity index (χ3n) is 4.01. The van der Waals surface area contributed by atoms with E-state index in [1.165, 1.54) is 36.4 Å². The van der Waals surface area contributed by atoms with E-state index in [2.05, 4.69) is 10.6 Å². The van der Waals surface area contributed by atoms with Crippen molar-refractivity contribution in [3.8, 4) is 6.07 Å². The molecule has 0 unspecified atom stereocenters. The van der Waals surface area contributed by atoms with Gasteiger partial charge in [0.15, 0.2) is 9.84 Å². The summed E-state index contributed by atoms with van der Waals surface area (Å²) in [5.41, 5.74) is 0.600. The first-order valence-corrected chi connectivity index (χ1v) is 10.6. The van der Waals surface area contributed by atoms with Gasteiger partial charge >= 0.3 is 5.97 Å². The zero-order chi connectivity index (χ0) is 22.1. The largest absolute Gasteiger partial charge is 0.478 e. The van der Waals surface area contributed by atoms with Gasteiger partial charge in [-0.2, -0.15) is 5.26 Å². The number of aromatic carboxylic acids is 1. The smallest absolute Gasteiger partial charge is 0.335 e. The van der Waals surface area contributed by atoms with Gasteiger partial charge in [0.1, 0.15) is 12.6 Å². The minimum Gasteiger partial charge on any atom is -0.478 e. The number of hydrogen-bond donors (Lipinski definition) is 3. The van der Waals surface area contributed by atoms with Crippen molar-refractivity contribution < 1.29 is 27.9 Å². The van der Waals surface area contributed by atoms with Crippen LogP contribution in [0.25, 0.3) is 0 Å². The van der Waals surface area contributed by atoms with Crippen molar-refractivity contribution in [2.75, 3.05) is 12.3 Å². The van der Waals surface area contributed by atoms with Crippen molar-refractivity contribution in [2.45, 2.75) is 11.8 Å². The van der Waals surface area contributed by atoms with Gasteiger partial charge in [-0.15, -0.1) is 0 Å². The number of amides is 2. The van der Waals surface area contributed by atoms with Crippen molar-refractivity contribution in [3.05, 3.63) is 71.3 Å². The van der Waals surface area contributed by atoms with Crippen LogP contribution in [0.5, 0.6) is 0 Å². The van der Waals surface area contributed by atoms with Gasteiger partial charge < -0.3 is 15.7 Å². The molecule has 0 aromatic heterocycles. The second kappa shape index (κ2) is 10.2. The normalized spacial score (nSPS) is 11.7. The van der Waals surface area contributed by atoms with Crippen molar-refractivity contribution >= 4 is 27.6 Å². The summed E-state index contributed by atoms with van der Waals surface area (Å²) in [7, 11) is -3.87. The molecule has 0 saturated carbocycles. The Bertz CT molecular complexity index is 1060. The number of hydrogen-bond acceptors (Lipinski definition) is 6. The van der Waals surface area contributed by atoms with E-state index in [1.54, 1.807) is 24.3 Å². The lowest BCUT2D eigenvalue weighted by atomic mass is 10.1. The lowest BCUT2D eigenvalue weighted by molar-refractivity contribution is -0.122. The summed E-state index contributed by atoms with van der Waals surface area (Å²) < 4.78 is 25.2. The second-order valence-electron chi connectivity index (χ2n) is 6.32. The Hall–Kier alpha value is -3.71. The molecule has 10 heteroatoms. The Morgan fingerprint density at radius 3 is 2.20 bits per heavy atom. The average molecular weight is 429 g/mol. The van der Waals surface area contributed by atoms with Gasteiger partial charge in [0.05, 0.1) is 23.1 Å². The number of carboxylic acids is 1. The fraction of sp³-hybridized carbons (Fsp3) is 0.200. The van der Waals surface area contributed by atoms with Crippen LogP contribution in [-0.4, -0.2) is 49.6 Å². The maximum Gasteiger partial charge on any atom is 0.335 e. The number of nitriles is 1. The average Bonchev–Trinajstić information content (AvgIpc) is 2.72. The van der Waals surface area contributed by atoms with Crippen LogP contribution < -0.4 is 10.6 Å². The minimum atomic E-state index is -3.87. The Balaban J connectivity index is 2.16. The standard InChI is InChI=1S/C20H19N3O6S/c21-10-11-22-19(25)17(23-18(24)15-4-2-1-3-5-15)13-30(28,29)12-14-6-8-16(9-7-14)20(26)27/h1-9,17H,11-13H2,(H,22,25)(H,23,24)(H,26,27)/t17-/m0/s1. The van der Waals surface area contributed by atoms with Gasteiger partial charge in [-0.05, 0) is 29.8 Å². The van der Waals surface area contributed by atoms with E-state index in [-0.39, 0.29) is 17.7 Å². The molecule has 0 saturated heterocycles. The Morgan fingerprint density at radius 1 is 1.00 bits per heavy atom. The third-order valence-corrected chi connectivity index (χ3v) is 5.62. The molecule has 0 aliphatic carbocycles. The summed E-state index contributed by atoms with van der Waals surface area (Å²) in [5, 5.41) is 22.2. The van der Waals surface area contributed by atoms with Crippen LogP contribution in [0.3, 0.4) is 0 Å². The molecule has 0 aliphatic heterocycles. The van der Waals surface area contributed by atoms with E-state index in [4.69, 9.17) is 10.4 Å². The van der Waals surface area contributed by atoms with E-state index in [9.17, 15) is 22.8 Å². The topological polar surface area (TPSA) is 153 Å². The number of rotatable bonds is 9.